The number of rotatable bonds is 9. The predicted octanol–water partition coefficient (Wildman–Crippen LogP) is 6.27. The number of carbonyl (C=O) groups is 1. The lowest BCUT2D eigenvalue weighted by molar-refractivity contribution is -0.169. The smallest absolute Gasteiger partial charge is 0.340 e. The third-order valence-corrected chi connectivity index (χ3v) is 6.54. The first-order chi connectivity index (χ1) is 19.1. The van der Waals surface area contributed by atoms with E-state index in [4.69, 9.17) is 18.9 Å². The van der Waals surface area contributed by atoms with Crippen molar-refractivity contribution in [2.75, 3.05) is 18.5 Å². The zero-order valence-corrected chi connectivity index (χ0v) is 22.0. The van der Waals surface area contributed by atoms with Gasteiger partial charge in [-0.3, -0.25) is 0 Å². The average molecular weight is 527 g/mol. The van der Waals surface area contributed by atoms with Crippen LogP contribution in [0.1, 0.15) is 53.2 Å². The second-order valence-electron chi connectivity index (χ2n) is 9.20. The highest BCUT2D eigenvalue weighted by molar-refractivity contribution is 5.97. The zero-order valence-electron chi connectivity index (χ0n) is 22.0. The van der Waals surface area contributed by atoms with Gasteiger partial charge in [-0.1, -0.05) is 18.2 Å². The molecule has 1 fully saturated rings. The van der Waals surface area contributed by atoms with Gasteiger partial charge in [0.2, 0.25) is 0 Å². The van der Waals surface area contributed by atoms with Crippen molar-refractivity contribution < 1.29 is 23.7 Å². The van der Waals surface area contributed by atoms with Crippen molar-refractivity contribution in [1.82, 2.24) is 9.61 Å². The molecule has 2 aromatic carbocycles. The number of carbonyl (C=O) groups excluding carboxylic acids is 1. The van der Waals surface area contributed by atoms with Crippen LogP contribution in [0.4, 0.5) is 11.4 Å². The summed E-state index contributed by atoms with van der Waals surface area (Å²) < 4.78 is 24.8. The maximum atomic E-state index is 12.5. The minimum Gasteiger partial charge on any atom is -0.462 e. The van der Waals surface area contributed by atoms with Gasteiger partial charge in [0.1, 0.15) is 17.6 Å². The van der Waals surface area contributed by atoms with Crippen molar-refractivity contribution in [2.24, 2.45) is 0 Å². The molecule has 200 valence electrons. The predicted molar refractivity (Wildman–Crippen MR) is 145 cm³/mol. The van der Waals surface area contributed by atoms with Gasteiger partial charge in [-0.25, -0.2) is 9.31 Å². The normalized spacial score (nSPS) is 15.1. The average Bonchev–Trinajstić information content (AvgIpc) is 3.31. The highest BCUT2D eigenvalue weighted by Gasteiger charge is 2.21. The van der Waals surface area contributed by atoms with Crippen LogP contribution in [0.2, 0.25) is 0 Å². The van der Waals surface area contributed by atoms with E-state index < -0.39 is 5.97 Å². The molecule has 0 saturated carbocycles. The van der Waals surface area contributed by atoms with Gasteiger partial charge in [0, 0.05) is 24.1 Å². The Labute approximate surface area is 226 Å². The number of aryl methyl sites for hydroxylation is 1. The lowest BCUT2D eigenvalue weighted by Crippen LogP contribution is -2.22. The van der Waals surface area contributed by atoms with Gasteiger partial charge in [-0.15, -0.1) is 0 Å². The molecular weight excluding hydrogens is 496 g/mol. The molecule has 2 aromatic heterocycles. The SMILES string of the molecule is CCOC(=O)c1cn2ncc(C#N)c(Nc3ccc(Oc4ccccc4)c(COC4CCCCO4)c3)c2c1C. The summed E-state index contributed by atoms with van der Waals surface area (Å²) in [4.78, 5) is 12.5. The van der Waals surface area contributed by atoms with Crippen molar-refractivity contribution in [3.63, 3.8) is 0 Å². The van der Waals surface area contributed by atoms with Gasteiger partial charge in [0.15, 0.2) is 6.29 Å². The van der Waals surface area contributed by atoms with Gasteiger partial charge in [-0.2, -0.15) is 10.4 Å². The number of nitrogens with one attached hydrogen (secondary N) is 1. The van der Waals surface area contributed by atoms with Crippen molar-refractivity contribution in [3.8, 4) is 17.6 Å². The largest absolute Gasteiger partial charge is 0.462 e. The van der Waals surface area contributed by atoms with Gasteiger partial charge in [0.05, 0.1) is 41.7 Å². The van der Waals surface area contributed by atoms with Gasteiger partial charge < -0.3 is 24.3 Å². The second-order valence-corrected chi connectivity index (χ2v) is 9.20. The molecule has 4 aromatic rings. The summed E-state index contributed by atoms with van der Waals surface area (Å²) in [6.45, 7) is 4.82. The van der Waals surface area contributed by atoms with Crippen LogP contribution in [-0.4, -0.2) is 35.1 Å². The number of esters is 1. The quantitative estimate of drug-likeness (QED) is 0.254. The van der Waals surface area contributed by atoms with E-state index in [2.05, 4.69) is 16.5 Å². The molecule has 9 nitrogen and oxygen atoms in total. The molecule has 9 heteroatoms. The highest BCUT2D eigenvalue weighted by atomic mass is 16.7. The Morgan fingerprint density at radius 2 is 2.08 bits per heavy atom. The van der Waals surface area contributed by atoms with Crippen LogP contribution in [-0.2, 0) is 20.8 Å². The Bertz CT molecular complexity index is 1500. The number of fused-ring (bicyclic) bond motifs is 1. The Hall–Kier alpha value is -4.39. The van der Waals surface area contributed by atoms with Crippen molar-refractivity contribution in [1.29, 1.82) is 5.26 Å². The van der Waals surface area contributed by atoms with E-state index >= 15 is 0 Å². The van der Waals surface area contributed by atoms with Crippen LogP contribution in [0.15, 0.2) is 60.9 Å². The van der Waals surface area contributed by atoms with Gasteiger partial charge in [-0.05, 0) is 69.0 Å². The molecular formula is C30H30N4O5. The first-order valence-electron chi connectivity index (χ1n) is 13.0. The monoisotopic (exact) mass is 526 g/mol. The highest BCUT2D eigenvalue weighted by Crippen LogP contribution is 2.34. The summed E-state index contributed by atoms with van der Waals surface area (Å²) in [7, 11) is 0. The summed E-state index contributed by atoms with van der Waals surface area (Å²) in [6, 6.07) is 17.4. The molecule has 39 heavy (non-hydrogen) atoms. The van der Waals surface area contributed by atoms with Crippen molar-refractivity contribution in [3.05, 3.63) is 83.2 Å². The molecule has 0 bridgehead atoms. The van der Waals surface area contributed by atoms with E-state index in [9.17, 15) is 10.1 Å². The first kappa shape index (κ1) is 26.2. The summed E-state index contributed by atoms with van der Waals surface area (Å²) in [5.74, 6) is 0.939. The number of nitrogens with zero attached hydrogens (tertiary/aromatic N) is 3. The fraction of sp³-hybridized carbons (Fsp3) is 0.300. The molecule has 5 rings (SSSR count). The summed E-state index contributed by atoms with van der Waals surface area (Å²) in [5, 5.41) is 17.6. The van der Waals surface area contributed by atoms with Gasteiger partial charge in [0.25, 0.3) is 0 Å². The third-order valence-electron chi connectivity index (χ3n) is 6.54. The Morgan fingerprint density at radius 3 is 2.82 bits per heavy atom. The standard InChI is InChI=1S/C30H30N4O5/c1-3-36-30(35)25-18-34-29(20(25)2)28(22(16-31)17-32-34)33-23-12-13-26(39-24-9-5-4-6-10-24)21(15-23)19-38-27-11-7-8-14-37-27/h4-6,9-10,12-13,15,17-18,27,33H,3,7-8,11,14,19H2,1-2H3. The molecule has 0 radical (unpaired) electrons. The molecule has 0 amide bonds. The van der Waals surface area contributed by atoms with Crippen LogP contribution in [0.5, 0.6) is 11.5 Å². The van der Waals surface area contributed by atoms with E-state index in [1.807, 2.05) is 55.5 Å². The first-order valence-corrected chi connectivity index (χ1v) is 13.0. The molecule has 1 N–H and O–H groups in total. The maximum absolute atomic E-state index is 12.5. The van der Waals surface area contributed by atoms with Gasteiger partial charge >= 0.3 is 5.97 Å². The van der Waals surface area contributed by atoms with Crippen LogP contribution >= 0.6 is 0 Å². The molecule has 3 heterocycles. The van der Waals surface area contributed by atoms with Crippen LogP contribution in [0.3, 0.4) is 0 Å². The topological polar surface area (TPSA) is 107 Å². The van der Waals surface area contributed by atoms with Crippen LogP contribution in [0, 0.1) is 18.3 Å². The van der Waals surface area contributed by atoms with E-state index in [0.717, 1.165) is 30.5 Å². The minimum absolute atomic E-state index is 0.255. The summed E-state index contributed by atoms with van der Waals surface area (Å²) >= 11 is 0. The fourth-order valence-electron chi connectivity index (χ4n) is 4.57. The molecule has 1 unspecified atom stereocenters. The number of hydrogen-bond donors (Lipinski definition) is 1. The number of anilines is 2. The number of ether oxygens (including phenoxy) is 4. The lowest BCUT2D eigenvalue weighted by Gasteiger charge is -2.23. The number of hydrogen-bond acceptors (Lipinski definition) is 8. The Kier molecular flexibility index (Phi) is 8.06. The van der Waals surface area contributed by atoms with Crippen molar-refractivity contribution in [2.45, 2.75) is 46.0 Å². The summed E-state index contributed by atoms with van der Waals surface area (Å²) in [6.07, 6.45) is 5.80. The zero-order chi connectivity index (χ0) is 27.2. The summed E-state index contributed by atoms with van der Waals surface area (Å²) in [5.41, 5.74) is 4.12. The number of aromatic nitrogens is 2. The second kappa shape index (κ2) is 12.0. The molecule has 0 spiro atoms. The van der Waals surface area contributed by atoms with E-state index in [-0.39, 0.29) is 19.5 Å². The molecule has 0 aliphatic carbocycles. The molecule has 1 aliphatic rings. The fourth-order valence-corrected chi connectivity index (χ4v) is 4.57. The van der Waals surface area contributed by atoms with E-state index in [1.54, 1.807) is 17.6 Å². The number of para-hydroxylation sites is 1. The molecule has 1 atom stereocenters. The Balaban J connectivity index is 1.50. The Morgan fingerprint density at radius 1 is 1.23 bits per heavy atom. The number of benzene rings is 2. The van der Waals surface area contributed by atoms with E-state index in [1.165, 1.54) is 6.20 Å². The molecule has 1 saturated heterocycles. The van der Waals surface area contributed by atoms with Crippen molar-refractivity contribution >= 4 is 22.9 Å². The minimum atomic E-state index is -0.434. The van der Waals surface area contributed by atoms with Crippen LogP contribution < -0.4 is 10.1 Å². The maximum Gasteiger partial charge on any atom is 0.340 e. The van der Waals surface area contributed by atoms with Crippen LogP contribution in [0.25, 0.3) is 5.52 Å². The molecule has 1 aliphatic heterocycles. The third kappa shape index (κ3) is 5.87. The van der Waals surface area contributed by atoms with E-state index in [0.29, 0.717) is 46.0 Å². The number of nitriles is 1. The lowest BCUT2D eigenvalue weighted by atomic mass is 10.1.